The Kier molecular flexibility index (Phi) is 4.45. The third-order valence-corrected chi connectivity index (χ3v) is 4.16. The number of rotatable bonds is 4. The number of carbonyl (C=O) groups is 1. The van der Waals surface area contributed by atoms with Gasteiger partial charge in [-0.2, -0.15) is 0 Å². The number of anilines is 1. The second-order valence-corrected chi connectivity index (χ2v) is 5.68. The summed E-state index contributed by atoms with van der Waals surface area (Å²) in [7, 11) is 0. The predicted molar refractivity (Wildman–Crippen MR) is 79.5 cm³/mol. The van der Waals surface area contributed by atoms with Crippen LogP contribution in [0.2, 0.25) is 0 Å². The molecule has 0 aliphatic heterocycles. The molecule has 0 heterocycles. The van der Waals surface area contributed by atoms with Gasteiger partial charge in [0.15, 0.2) is 0 Å². The van der Waals surface area contributed by atoms with Crippen molar-refractivity contribution in [1.29, 1.82) is 0 Å². The van der Waals surface area contributed by atoms with Crippen LogP contribution in [0.4, 0.5) is 11.4 Å². The summed E-state index contributed by atoms with van der Waals surface area (Å²) in [6.45, 7) is 1.67. The molecule has 1 aromatic carbocycles. The van der Waals surface area contributed by atoms with Gasteiger partial charge >= 0.3 is 5.97 Å². The molecule has 0 amide bonds. The Morgan fingerprint density at radius 1 is 1.29 bits per heavy atom. The van der Waals surface area contributed by atoms with Crippen molar-refractivity contribution >= 4 is 17.3 Å². The van der Waals surface area contributed by atoms with Crippen LogP contribution in [0.1, 0.15) is 44.1 Å². The number of aliphatic carboxylic acids is 1. The van der Waals surface area contributed by atoms with E-state index in [9.17, 15) is 20.0 Å². The fraction of sp³-hybridized carbons (Fsp3) is 0.533. The molecular formula is C15H20N2O4. The lowest BCUT2D eigenvalue weighted by Gasteiger charge is -2.30. The molecule has 1 fully saturated rings. The van der Waals surface area contributed by atoms with E-state index < -0.39 is 16.4 Å². The molecule has 1 aromatic rings. The van der Waals surface area contributed by atoms with Gasteiger partial charge in [-0.05, 0) is 25.8 Å². The van der Waals surface area contributed by atoms with E-state index in [0.29, 0.717) is 24.1 Å². The SMILES string of the molecule is Cc1ccc(NC2(C(=O)O)CCCCCC2)cc1[N+](=O)[O-]. The maximum atomic E-state index is 11.7. The Labute approximate surface area is 123 Å². The molecule has 2 N–H and O–H groups in total. The van der Waals surface area contributed by atoms with E-state index >= 15 is 0 Å². The van der Waals surface area contributed by atoms with Gasteiger partial charge < -0.3 is 10.4 Å². The maximum Gasteiger partial charge on any atom is 0.329 e. The third-order valence-electron chi connectivity index (χ3n) is 4.16. The minimum atomic E-state index is -1.01. The van der Waals surface area contributed by atoms with E-state index in [1.54, 1.807) is 19.1 Å². The van der Waals surface area contributed by atoms with Crippen LogP contribution in [0.25, 0.3) is 0 Å². The molecule has 1 aliphatic rings. The lowest BCUT2D eigenvalue weighted by atomic mass is 9.89. The first-order valence-electron chi connectivity index (χ1n) is 7.21. The molecule has 114 valence electrons. The first-order valence-corrected chi connectivity index (χ1v) is 7.21. The molecule has 6 heteroatoms. The van der Waals surface area contributed by atoms with Gasteiger partial charge in [0.25, 0.3) is 5.69 Å². The summed E-state index contributed by atoms with van der Waals surface area (Å²) in [4.78, 5) is 22.3. The van der Waals surface area contributed by atoms with Gasteiger partial charge in [-0.1, -0.05) is 31.7 Å². The molecule has 0 spiro atoms. The fourth-order valence-corrected chi connectivity index (χ4v) is 2.88. The van der Waals surface area contributed by atoms with Crippen LogP contribution in [-0.2, 0) is 4.79 Å². The molecule has 1 saturated carbocycles. The van der Waals surface area contributed by atoms with Gasteiger partial charge in [0.05, 0.1) is 4.92 Å². The molecule has 2 rings (SSSR count). The van der Waals surface area contributed by atoms with Crippen molar-refractivity contribution in [2.24, 2.45) is 0 Å². The quantitative estimate of drug-likeness (QED) is 0.503. The minimum Gasteiger partial charge on any atom is -0.480 e. The van der Waals surface area contributed by atoms with Crippen molar-refractivity contribution in [3.63, 3.8) is 0 Å². The highest BCUT2D eigenvalue weighted by Gasteiger charge is 2.38. The standard InChI is InChI=1S/C15H20N2O4/c1-11-6-7-12(10-13(11)17(20)21)16-15(14(18)19)8-4-2-3-5-9-15/h6-7,10,16H,2-5,8-9H2,1H3,(H,18,19). The van der Waals surface area contributed by atoms with Crippen LogP contribution in [0.3, 0.4) is 0 Å². The molecule has 0 aromatic heterocycles. The minimum absolute atomic E-state index is 0.00848. The number of carboxylic acids is 1. The fourth-order valence-electron chi connectivity index (χ4n) is 2.88. The molecule has 0 unspecified atom stereocenters. The number of nitro groups is 1. The highest BCUT2D eigenvalue weighted by Crippen LogP contribution is 2.32. The van der Waals surface area contributed by atoms with E-state index in [1.807, 2.05) is 0 Å². The van der Waals surface area contributed by atoms with Crippen LogP contribution >= 0.6 is 0 Å². The van der Waals surface area contributed by atoms with Crippen molar-refractivity contribution in [1.82, 2.24) is 0 Å². The lowest BCUT2D eigenvalue weighted by Crippen LogP contribution is -2.46. The molecule has 1 aliphatic carbocycles. The monoisotopic (exact) mass is 292 g/mol. The smallest absolute Gasteiger partial charge is 0.329 e. The largest absolute Gasteiger partial charge is 0.480 e. The summed E-state index contributed by atoms with van der Waals surface area (Å²) in [5, 5.41) is 23.7. The van der Waals surface area contributed by atoms with E-state index in [-0.39, 0.29) is 5.69 Å². The Bertz CT molecular complexity index is 549. The number of aryl methyl sites for hydroxylation is 1. The van der Waals surface area contributed by atoms with E-state index in [0.717, 1.165) is 25.7 Å². The highest BCUT2D eigenvalue weighted by molar-refractivity contribution is 5.83. The molecule has 21 heavy (non-hydrogen) atoms. The average molecular weight is 292 g/mol. The first kappa shape index (κ1) is 15.3. The number of nitrogens with one attached hydrogen (secondary N) is 1. The molecule has 0 radical (unpaired) electrons. The Hall–Kier alpha value is -2.11. The van der Waals surface area contributed by atoms with Crippen LogP contribution < -0.4 is 5.32 Å². The zero-order chi connectivity index (χ0) is 15.5. The molecule has 0 bridgehead atoms. The van der Waals surface area contributed by atoms with E-state index in [4.69, 9.17) is 0 Å². The van der Waals surface area contributed by atoms with E-state index in [2.05, 4.69) is 5.32 Å². The summed E-state index contributed by atoms with van der Waals surface area (Å²) in [6.07, 6.45) is 4.87. The number of benzene rings is 1. The number of carboxylic acid groups (broad SMARTS) is 1. The lowest BCUT2D eigenvalue weighted by molar-refractivity contribution is -0.385. The Morgan fingerprint density at radius 3 is 2.43 bits per heavy atom. The Balaban J connectivity index is 2.30. The number of hydrogen-bond donors (Lipinski definition) is 2. The zero-order valence-corrected chi connectivity index (χ0v) is 12.1. The number of nitrogens with zero attached hydrogens (tertiary/aromatic N) is 1. The van der Waals surface area contributed by atoms with Crippen molar-refractivity contribution in [3.05, 3.63) is 33.9 Å². The topological polar surface area (TPSA) is 92.5 Å². The second-order valence-electron chi connectivity index (χ2n) is 5.68. The van der Waals surface area contributed by atoms with Crippen molar-refractivity contribution in [2.75, 3.05) is 5.32 Å². The summed E-state index contributed by atoms with van der Waals surface area (Å²) < 4.78 is 0. The average Bonchev–Trinajstić information content (AvgIpc) is 2.67. The van der Waals surface area contributed by atoms with Gasteiger partial charge in [0.1, 0.15) is 5.54 Å². The van der Waals surface area contributed by atoms with Gasteiger partial charge in [-0.25, -0.2) is 4.79 Å². The van der Waals surface area contributed by atoms with Crippen molar-refractivity contribution in [2.45, 2.75) is 51.0 Å². The predicted octanol–water partition coefficient (Wildman–Crippen LogP) is 3.49. The van der Waals surface area contributed by atoms with Gasteiger partial charge in [0.2, 0.25) is 0 Å². The van der Waals surface area contributed by atoms with Crippen molar-refractivity contribution in [3.8, 4) is 0 Å². The highest BCUT2D eigenvalue weighted by atomic mass is 16.6. The van der Waals surface area contributed by atoms with Gasteiger partial charge in [-0.3, -0.25) is 10.1 Å². The first-order chi connectivity index (χ1) is 9.94. The van der Waals surface area contributed by atoms with Crippen LogP contribution in [0, 0.1) is 17.0 Å². The molecule has 6 nitrogen and oxygen atoms in total. The molecule has 0 atom stereocenters. The summed E-state index contributed by atoms with van der Waals surface area (Å²) in [6, 6.07) is 4.77. The maximum absolute atomic E-state index is 11.7. The van der Waals surface area contributed by atoms with Crippen molar-refractivity contribution < 1.29 is 14.8 Å². The zero-order valence-electron chi connectivity index (χ0n) is 12.1. The normalized spacial score (nSPS) is 17.8. The van der Waals surface area contributed by atoms with Crippen LogP contribution in [-0.4, -0.2) is 21.5 Å². The molecular weight excluding hydrogens is 272 g/mol. The van der Waals surface area contributed by atoms with Crippen LogP contribution in [0.5, 0.6) is 0 Å². The van der Waals surface area contributed by atoms with Gasteiger partial charge in [0, 0.05) is 17.3 Å². The number of hydrogen-bond acceptors (Lipinski definition) is 4. The Morgan fingerprint density at radius 2 is 1.90 bits per heavy atom. The third kappa shape index (κ3) is 3.32. The van der Waals surface area contributed by atoms with E-state index in [1.165, 1.54) is 6.07 Å². The van der Waals surface area contributed by atoms with Crippen LogP contribution in [0.15, 0.2) is 18.2 Å². The molecule has 0 saturated heterocycles. The second kappa shape index (κ2) is 6.11. The summed E-state index contributed by atoms with van der Waals surface area (Å²) in [5.74, 6) is -0.882. The van der Waals surface area contributed by atoms with Gasteiger partial charge in [-0.15, -0.1) is 0 Å². The number of nitro benzene ring substituents is 1. The summed E-state index contributed by atoms with van der Waals surface area (Å²) >= 11 is 0. The summed E-state index contributed by atoms with van der Waals surface area (Å²) in [5.41, 5.74) is 0.0566.